The minimum absolute atomic E-state index is 0.691. The molecule has 396 valence electrons. The highest BCUT2D eigenvalue weighted by atomic mass is 32.2. The lowest BCUT2D eigenvalue weighted by Gasteiger charge is -2.46. The molecule has 1 heterocycles. The molecule has 0 aliphatic carbocycles. The Hall–Kier alpha value is -6.06. The Bertz CT molecular complexity index is 2720. The van der Waals surface area contributed by atoms with Crippen LogP contribution in [0.3, 0.4) is 0 Å². The van der Waals surface area contributed by atoms with Crippen LogP contribution in [0.25, 0.3) is 10.2 Å². The number of halogens is 24. The first-order valence-corrected chi connectivity index (χ1v) is 21.4. The molecule has 1 nitrogen and oxygen atoms in total. The highest BCUT2D eigenvalue weighted by molar-refractivity contribution is 7.82. The van der Waals surface area contributed by atoms with Crippen molar-refractivity contribution in [2.75, 3.05) is 0 Å². The molecule has 0 atom stereocenters. The van der Waals surface area contributed by atoms with E-state index in [-0.39, 0.29) is 0 Å². The van der Waals surface area contributed by atoms with E-state index in [4.69, 9.17) is 0 Å². The first-order valence-electron chi connectivity index (χ1n) is 20.1. The lowest BCUT2D eigenvalue weighted by Crippen LogP contribution is -2.75. The summed E-state index contributed by atoms with van der Waals surface area (Å²) in [5.41, 5.74) is -27.6. The Balaban J connectivity index is 0.000000436. The third-order valence-corrected chi connectivity index (χ3v) is 12.7. The number of benzene rings is 6. The zero-order chi connectivity index (χ0) is 55.6. The molecular formula is C46H24BF24NS2. The third-order valence-electron chi connectivity index (χ3n) is 11.2. The van der Waals surface area contributed by atoms with Crippen molar-refractivity contribution in [1.82, 2.24) is 0 Å². The van der Waals surface area contributed by atoms with Gasteiger partial charge in [0.15, 0.2) is 6.54 Å². The minimum Gasteiger partial charge on any atom is -0.194 e. The fourth-order valence-corrected chi connectivity index (χ4v) is 9.39. The largest absolute Gasteiger partial charge is 0.416 e. The standard InChI is InChI=1S/C32H12BF24.C14H11NS2/c34-25(35,36)13-1-14(26(37,38)39)6-21(5-13)33(22-7-15(27(40,41)42)2-16(8-22)28(43,44)45,23-9-17(29(46,47)48)3-18(10-23)30(49,50)51)24-11-19(31(52,53)54)4-20(12-24)32(55,56)57;16-14-15(10-11-6-2-1-3-7-11)12-8-4-5-9-13(12)17-14/h1-12H;1-9H,10H2/q-1;/p+1. The Morgan fingerprint density at radius 1 is 0.338 bits per heavy atom. The second kappa shape index (κ2) is 19.6. The van der Waals surface area contributed by atoms with Crippen LogP contribution < -0.4 is 26.4 Å². The molecule has 0 spiro atoms. The number of nitrogens with zero attached hydrogens (tertiary/aromatic N) is 1. The summed E-state index contributed by atoms with van der Waals surface area (Å²) >= 11 is 6.29. The number of thiol groups is 1. The molecule has 7 aromatic rings. The van der Waals surface area contributed by atoms with Crippen LogP contribution in [-0.2, 0) is 56.0 Å². The monoisotopic (exact) mass is 1120 g/mol. The number of aromatic nitrogens is 1. The van der Waals surface area contributed by atoms with Crippen LogP contribution in [0.1, 0.15) is 50.1 Å². The van der Waals surface area contributed by atoms with Gasteiger partial charge in [0.05, 0.1) is 44.5 Å². The van der Waals surface area contributed by atoms with Gasteiger partial charge in [0.2, 0.25) is 5.52 Å². The maximum atomic E-state index is 14.2. The fourth-order valence-electron chi connectivity index (χ4n) is 8.01. The van der Waals surface area contributed by atoms with Crippen molar-refractivity contribution in [3.05, 3.63) is 177 Å². The van der Waals surface area contributed by atoms with Gasteiger partial charge in [-0.25, -0.2) is 0 Å². The van der Waals surface area contributed by atoms with Gasteiger partial charge in [-0.3, -0.25) is 0 Å². The first-order chi connectivity index (χ1) is 33.6. The summed E-state index contributed by atoms with van der Waals surface area (Å²) in [7, 11) is 0. The molecule has 0 unspecified atom stereocenters. The summed E-state index contributed by atoms with van der Waals surface area (Å²) in [6.07, 6.45) is -54.8. The molecule has 74 heavy (non-hydrogen) atoms. The van der Waals surface area contributed by atoms with E-state index in [1.165, 1.54) is 15.8 Å². The van der Waals surface area contributed by atoms with Crippen LogP contribution >= 0.6 is 24.0 Å². The quantitative estimate of drug-likeness (QED) is 0.0732. The van der Waals surface area contributed by atoms with Crippen LogP contribution in [0.5, 0.6) is 0 Å². The maximum absolute atomic E-state index is 14.2. The SMILES string of the molecule is FC(F)(F)c1cc([B-](c2cc(C(F)(F)F)cc(C(F)(F)F)c2)(c2cc(C(F)(F)F)cc(C(F)(F)F)c2)c2cc(C(F)(F)F)cc(C(F)(F)F)c2)cc(C(F)(F)F)c1.Sc1sc2ccccc2[n+]1Cc1ccccc1. The predicted molar refractivity (Wildman–Crippen MR) is 225 cm³/mol. The molecule has 1 aromatic heterocycles. The summed E-state index contributed by atoms with van der Waals surface area (Å²) in [5.74, 6) is 0. The van der Waals surface area contributed by atoms with Crippen molar-refractivity contribution in [2.45, 2.75) is 60.3 Å². The summed E-state index contributed by atoms with van der Waals surface area (Å²) in [6.45, 7) is 0.879. The maximum Gasteiger partial charge on any atom is 0.416 e. The Kier molecular flexibility index (Phi) is 15.1. The van der Waals surface area contributed by atoms with Gasteiger partial charge in [-0.1, -0.05) is 115 Å². The van der Waals surface area contributed by atoms with Crippen molar-refractivity contribution in [1.29, 1.82) is 0 Å². The lowest BCUT2D eigenvalue weighted by atomic mass is 9.12. The number of hydrogen-bond acceptors (Lipinski definition) is 2. The summed E-state index contributed by atoms with van der Waals surface area (Å²) < 4.78 is 345. The summed E-state index contributed by atoms with van der Waals surface area (Å²) in [5, 5.41) is 0. The molecule has 28 heteroatoms. The van der Waals surface area contributed by atoms with Gasteiger partial charge in [-0.05, 0) is 30.3 Å². The predicted octanol–water partition coefficient (Wildman–Crippen LogP) is 14.7. The highest BCUT2D eigenvalue weighted by Gasteiger charge is 2.47. The van der Waals surface area contributed by atoms with E-state index in [1.54, 1.807) is 11.3 Å². The minimum atomic E-state index is -6.13. The topological polar surface area (TPSA) is 3.88 Å². The number of thiazole rings is 1. The smallest absolute Gasteiger partial charge is 0.194 e. The van der Waals surface area contributed by atoms with Crippen LogP contribution in [0, 0.1) is 0 Å². The number of para-hydroxylation sites is 1. The lowest BCUT2D eigenvalue weighted by molar-refractivity contribution is -0.693. The number of hydrogen-bond donors (Lipinski definition) is 1. The number of alkyl halides is 24. The summed E-state index contributed by atoms with van der Waals surface area (Å²) in [6, 6.07) is 10.1. The Morgan fingerprint density at radius 3 is 0.838 bits per heavy atom. The zero-order valence-electron chi connectivity index (χ0n) is 35.8. The van der Waals surface area contributed by atoms with E-state index in [1.807, 2.05) is 6.07 Å². The normalized spacial score (nSPS) is 13.5. The van der Waals surface area contributed by atoms with E-state index in [0.717, 1.165) is 10.9 Å². The molecule has 0 radical (unpaired) electrons. The van der Waals surface area contributed by atoms with Crippen LogP contribution in [0.15, 0.2) is 132 Å². The zero-order valence-corrected chi connectivity index (χ0v) is 37.5. The Labute approximate surface area is 409 Å². The molecule has 0 bridgehead atoms. The van der Waals surface area contributed by atoms with Gasteiger partial charge >= 0.3 is 49.4 Å². The number of rotatable bonds is 6. The molecule has 0 saturated heterocycles. The van der Waals surface area contributed by atoms with Crippen molar-refractivity contribution < 1.29 is 110 Å². The number of fused-ring (bicyclic) bond motifs is 1. The molecule has 7 rings (SSSR count). The molecule has 0 amide bonds. The van der Waals surface area contributed by atoms with Gasteiger partial charge in [-0.15, -0.1) is 0 Å². The molecule has 0 N–H and O–H groups in total. The van der Waals surface area contributed by atoms with Crippen molar-refractivity contribution >= 4 is 62.2 Å². The van der Waals surface area contributed by atoms with Gasteiger partial charge in [0.25, 0.3) is 4.34 Å². The van der Waals surface area contributed by atoms with Crippen molar-refractivity contribution in [2.24, 2.45) is 0 Å². The van der Waals surface area contributed by atoms with Crippen molar-refractivity contribution in [3.8, 4) is 0 Å². The second-order valence-electron chi connectivity index (χ2n) is 16.1. The van der Waals surface area contributed by atoms with Crippen LogP contribution in [-0.4, -0.2) is 6.15 Å². The molecular weight excluding hydrogens is 1100 g/mol. The van der Waals surface area contributed by atoms with E-state index >= 15 is 0 Å². The average molecular weight is 1120 g/mol. The highest BCUT2D eigenvalue weighted by Crippen LogP contribution is 2.41. The molecule has 0 aliphatic rings. The third kappa shape index (κ3) is 12.5. The van der Waals surface area contributed by atoms with Crippen molar-refractivity contribution in [3.63, 3.8) is 0 Å². The molecule has 6 aromatic carbocycles. The second-order valence-corrected chi connectivity index (χ2v) is 17.9. The van der Waals surface area contributed by atoms with Gasteiger partial charge in [-0.2, -0.15) is 132 Å². The van der Waals surface area contributed by atoms with E-state index in [2.05, 4.69) is 65.7 Å². The van der Waals surface area contributed by atoms with Gasteiger partial charge in [0, 0.05) is 11.6 Å². The van der Waals surface area contributed by atoms with E-state index < -0.39 is 195 Å². The molecule has 0 fully saturated rings. The Morgan fingerprint density at radius 2 is 0.581 bits per heavy atom. The van der Waals surface area contributed by atoms with Crippen LogP contribution in [0.2, 0.25) is 0 Å². The van der Waals surface area contributed by atoms with E-state index in [9.17, 15) is 105 Å². The van der Waals surface area contributed by atoms with Gasteiger partial charge < -0.3 is 0 Å². The summed E-state index contributed by atoms with van der Waals surface area (Å²) in [4.78, 5) is 0. The van der Waals surface area contributed by atoms with E-state index in [0.29, 0.717) is 0 Å². The van der Waals surface area contributed by atoms with Crippen LogP contribution in [0.4, 0.5) is 105 Å². The molecule has 0 aliphatic heterocycles. The first kappa shape index (κ1) is 57.2. The van der Waals surface area contributed by atoms with Gasteiger partial charge in [0.1, 0.15) is 10.8 Å². The fraction of sp³-hybridized carbons (Fsp3) is 0.196. The molecule has 0 saturated carbocycles. The average Bonchev–Trinajstić information content (AvgIpc) is 3.58.